The van der Waals surface area contributed by atoms with Gasteiger partial charge in [0.2, 0.25) is 0 Å². The van der Waals surface area contributed by atoms with Crippen molar-refractivity contribution in [2.24, 2.45) is 0 Å². The third kappa shape index (κ3) is 4.87. The summed E-state index contributed by atoms with van der Waals surface area (Å²) in [5, 5.41) is 3.98. The Morgan fingerprint density at radius 2 is 2.04 bits per heavy atom. The lowest BCUT2D eigenvalue weighted by Gasteiger charge is -2.07. The molecule has 0 aliphatic carbocycles. The van der Waals surface area contributed by atoms with Crippen molar-refractivity contribution in [3.63, 3.8) is 0 Å². The highest BCUT2D eigenvalue weighted by molar-refractivity contribution is 8.00. The van der Waals surface area contributed by atoms with Crippen LogP contribution in [0.15, 0.2) is 34.9 Å². The van der Waals surface area contributed by atoms with Crippen molar-refractivity contribution in [1.29, 1.82) is 0 Å². The molecule has 3 rings (SSSR count). The fraction of sp³-hybridized carbons (Fsp3) is 0.381. The molecule has 0 radical (unpaired) electrons. The zero-order chi connectivity index (χ0) is 19.2. The number of thioether (sulfide) groups is 1. The number of carbonyl (C=O) groups excluding carboxylic acids is 1. The van der Waals surface area contributed by atoms with Gasteiger partial charge in [-0.2, -0.15) is 0 Å². The fourth-order valence-corrected chi connectivity index (χ4v) is 4.58. The van der Waals surface area contributed by atoms with Gasteiger partial charge in [0.1, 0.15) is 16.2 Å². The summed E-state index contributed by atoms with van der Waals surface area (Å²) in [7, 11) is 0. The van der Waals surface area contributed by atoms with Crippen LogP contribution in [-0.2, 0) is 9.53 Å². The van der Waals surface area contributed by atoms with Crippen LogP contribution in [0.25, 0.3) is 21.3 Å². The zero-order valence-electron chi connectivity index (χ0n) is 15.9. The molecule has 27 heavy (non-hydrogen) atoms. The molecule has 6 heteroatoms. The molecule has 0 spiro atoms. The van der Waals surface area contributed by atoms with Crippen LogP contribution in [0.5, 0.6) is 0 Å². The summed E-state index contributed by atoms with van der Waals surface area (Å²) in [4.78, 5) is 21.8. The molecule has 2 aromatic heterocycles. The molecule has 142 valence electrons. The number of thiophene rings is 1. The number of aromatic nitrogens is 2. The molecule has 0 bridgehead atoms. The van der Waals surface area contributed by atoms with Crippen molar-refractivity contribution in [3.05, 3.63) is 41.0 Å². The minimum Gasteiger partial charge on any atom is -0.465 e. The highest BCUT2D eigenvalue weighted by atomic mass is 32.2. The van der Waals surface area contributed by atoms with E-state index in [9.17, 15) is 4.79 Å². The van der Waals surface area contributed by atoms with Gasteiger partial charge in [0.05, 0.1) is 17.7 Å². The number of fused-ring (bicyclic) bond motifs is 1. The second kappa shape index (κ2) is 9.33. The molecular weight excluding hydrogens is 376 g/mol. The minimum absolute atomic E-state index is 0.189. The van der Waals surface area contributed by atoms with Crippen molar-refractivity contribution in [2.45, 2.75) is 45.1 Å². The zero-order valence-corrected chi connectivity index (χ0v) is 17.6. The number of nitrogens with zero attached hydrogens (tertiary/aromatic N) is 2. The predicted molar refractivity (Wildman–Crippen MR) is 114 cm³/mol. The molecule has 0 aliphatic rings. The first-order valence-corrected chi connectivity index (χ1v) is 11.0. The Kier molecular flexibility index (Phi) is 6.85. The normalized spacial score (nSPS) is 11.1. The summed E-state index contributed by atoms with van der Waals surface area (Å²) in [6.07, 6.45) is 4.69. The van der Waals surface area contributed by atoms with E-state index in [-0.39, 0.29) is 11.7 Å². The number of benzene rings is 1. The molecule has 0 saturated carbocycles. The first-order valence-electron chi connectivity index (χ1n) is 9.18. The van der Waals surface area contributed by atoms with Gasteiger partial charge in [0, 0.05) is 10.9 Å². The van der Waals surface area contributed by atoms with E-state index in [2.05, 4.69) is 54.3 Å². The van der Waals surface area contributed by atoms with Crippen LogP contribution >= 0.6 is 23.1 Å². The predicted octanol–water partition coefficient (Wildman–Crippen LogP) is 5.80. The first-order chi connectivity index (χ1) is 13.1. The molecule has 1 aromatic carbocycles. The number of hydrogen-bond donors (Lipinski definition) is 0. The lowest BCUT2D eigenvalue weighted by Crippen LogP contribution is -2.08. The second-order valence-electron chi connectivity index (χ2n) is 6.52. The van der Waals surface area contributed by atoms with Crippen LogP contribution in [0.3, 0.4) is 0 Å². The fourth-order valence-electron chi connectivity index (χ4n) is 2.79. The highest BCUT2D eigenvalue weighted by Gasteiger charge is 2.15. The van der Waals surface area contributed by atoms with Crippen molar-refractivity contribution in [2.75, 3.05) is 12.4 Å². The number of esters is 1. The summed E-state index contributed by atoms with van der Waals surface area (Å²) in [6.45, 7) is 6.86. The van der Waals surface area contributed by atoms with Crippen molar-refractivity contribution >= 4 is 39.3 Å². The third-order valence-corrected chi connectivity index (χ3v) is 6.34. The molecule has 0 saturated heterocycles. The molecule has 2 heterocycles. The molecule has 4 nitrogen and oxygen atoms in total. The quantitative estimate of drug-likeness (QED) is 0.207. The summed E-state index contributed by atoms with van der Waals surface area (Å²) in [5.41, 5.74) is 4.81. The Bertz CT molecular complexity index is 937. The van der Waals surface area contributed by atoms with E-state index in [1.54, 1.807) is 17.7 Å². The van der Waals surface area contributed by atoms with Gasteiger partial charge in [-0.05, 0) is 37.0 Å². The van der Waals surface area contributed by atoms with E-state index in [1.165, 1.54) is 22.9 Å². The summed E-state index contributed by atoms with van der Waals surface area (Å²) in [5.74, 6) is 0.0753. The van der Waals surface area contributed by atoms with Gasteiger partial charge in [0.25, 0.3) is 0 Å². The average Bonchev–Trinajstić information content (AvgIpc) is 3.10. The minimum atomic E-state index is -0.189. The van der Waals surface area contributed by atoms with E-state index >= 15 is 0 Å². The maximum absolute atomic E-state index is 12.0. The maximum Gasteiger partial charge on any atom is 0.316 e. The van der Waals surface area contributed by atoms with Crippen molar-refractivity contribution in [1.82, 2.24) is 9.97 Å². The second-order valence-corrected chi connectivity index (χ2v) is 8.35. The van der Waals surface area contributed by atoms with Gasteiger partial charge >= 0.3 is 5.97 Å². The number of unbranched alkanes of at least 4 members (excludes halogenated alkanes) is 2. The van der Waals surface area contributed by atoms with Crippen molar-refractivity contribution < 1.29 is 9.53 Å². The SMILES string of the molecule is CCCCCOC(=O)CSc1ncnc2scc(-c3ccc(C)c(C)c3)c12. The Morgan fingerprint density at radius 3 is 2.81 bits per heavy atom. The number of hydrogen-bond acceptors (Lipinski definition) is 6. The Balaban J connectivity index is 1.79. The summed E-state index contributed by atoms with van der Waals surface area (Å²) >= 11 is 3.03. The first kappa shape index (κ1) is 19.8. The van der Waals surface area contributed by atoms with Gasteiger partial charge in [0.15, 0.2) is 0 Å². The topological polar surface area (TPSA) is 52.1 Å². The van der Waals surface area contributed by atoms with Gasteiger partial charge in [-0.25, -0.2) is 9.97 Å². The monoisotopic (exact) mass is 400 g/mol. The van der Waals surface area contributed by atoms with E-state index < -0.39 is 0 Å². The smallest absolute Gasteiger partial charge is 0.316 e. The standard InChI is InChI=1S/C21H24N2O2S2/c1-4-5-6-9-25-18(24)12-27-21-19-17(11-26-20(19)22-13-23-21)16-8-7-14(2)15(3)10-16/h7-8,10-11,13H,4-6,9,12H2,1-3H3. The van der Waals surface area contributed by atoms with Crippen LogP contribution in [0.2, 0.25) is 0 Å². The Morgan fingerprint density at radius 1 is 1.19 bits per heavy atom. The van der Waals surface area contributed by atoms with Gasteiger partial charge in [-0.3, -0.25) is 4.79 Å². The third-order valence-electron chi connectivity index (χ3n) is 4.49. The number of aryl methyl sites for hydroxylation is 2. The Labute approximate surface area is 168 Å². The summed E-state index contributed by atoms with van der Waals surface area (Å²) in [6, 6.07) is 6.46. The lowest BCUT2D eigenvalue weighted by atomic mass is 10.0. The highest BCUT2D eigenvalue weighted by Crippen LogP contribution is 2.38. The molecule has 0 aliphatic heterocycles. The van der Waals surface area contributed by atoms with Crippen LogP contribution in [0.4, 0.5) is 0 Å². The Hall–Kier alpha value is -1.92. The van der Waals surface area contributed by atoms with Crippen molar-refractivity contribution in [3.8, 4) is 11.1 Å². The van der Waals surface area contributed by atoms with E-state index in [0.717, 1.165) is 45.6 Å². The molecule has 3 aromatic rings. The molecular formula is C21H24N2O2S2. The molecule has 0 amide bonds. The lowest BCUT2D eigenvalue weighted by molar-refractivity contribution is -0.140. The van der Waals surface area contributed by atoms with Crippen LogP contribution in [-0.4, -0.2) is 28.3 Å². The van der Waals surface area contributed by atoms with Crippen LogP contribution in [0.1, 0.15) is 37.3 Å². The average molecular weight is 401 g/mol. The van der Waals surface area contributed by atoms with Gasteiger partial charge in [-0.15, -0.1) is 11.3 Å². The number of carbonyl (C=O) groups is 1. The largest absolute Gasteiger partial charge is 0.465 e. The van der Waals surface area contributed by atoms with Gasteiger partial charge < -0.3 is 4.74 Å². The van der Waals surface area contributed by atoms with E-state index in [0.29, 0.717) is 6.61 Å². The van der Waals surface area contributed by atoms with Crippen LogP contribution in [0, 0.1) is 13.8 Å². The molecule has 0 fully saturated rings. The molecule has 0 atom stereocenters. The number of rotatable bonds is 8. The number of ether oxygens (including phenoxy) is 1. The van der Waals surface area contributed by atoms with E-state index in [4.69, 9.17) is 4.74 Å². The van der Waals surface area contributed by atoms with E-state index in [1.807, 2.05) is 0 Å². The maximum atomic E-state index is 12.0. The molecule has 0 unspecified atom stereocenters. The molecule has 0 N–H and O–H groups in total. The van der Waals surface area contributed by atoms with Crippen LogP contribution < -0.4 is 0 Å². The summed E-state index contributed by atoms with van der Waals surface area (Å²) < 4.78 is 5.30. The van der Waals surface area contributed by atoms with Gasteiger partial charge in [-0.1, -0.05) is 49.7 Å².